The molecule has 0 aliphatic carbocycles. The third-order valence-electron chi connectivity index (χ3n) is 2.00. The molecule has 0 fully saturated rings. The van der Waals surface area contributed by atoms with E-state index >= 15 is 0 Å². The minimum atomic E-state index is -0.631. The van der Waals surface area contributed by atoms with Crippen molar-refractivity contribution in [1.29, 1.82) is 0 Å². The number of hydrogen-bond donors (Lipinski definition) is 2. The Morgan fingerprint density at radius 1 is 1.47 bits per heavy atom. The number of aliphatic hydroxyl groups excluding tert-OH is 1. The van der Waals surface area contributed by atoms with Gasteiger partial charge in [-0.3, -0.25) is 4.79 Å². The van der Waals surface area contributed by atoms with Crippen LogP contribution in [0.15, 0.2) is 24.3 Å². The van der Waals surface area contributed by atoms with Gasteiger partial charge in [0.1, 0.15) is 5.75 Å². The number of phenols is 1. The highest BCUT2D eigenvalue weighted by Gasteiger charge is 2.16. The van der Waals surface area contributed by atoms with Crippen molar-refractivity contribution in [2.75, 3.05) is 11.4 Å². The summed E-state index contributed by atoms with van der Waals surface area (Å²) in [6.45, 7) is 3.16. The van der Waals surface area contributed by atoms with Crippen LogP contribution < -0.4 is 4.90 Å². The first kappa shape index (κ1) is 11.5. The van der Waals surface area contributed by atoms with Crippen LogP contribution in [0.4, 0.5) is 5.69 Å². The fraction of sp³-hybridized carbons (Fsp3) is 0.364. The van der Waals surface area contributed by atoms with Gasteiger partial charge >= 0.3 is 0 Å². The Kier molecular flexibility index (Phi) is 3.68. The number of carbonyl (C=O) groups excluding carboxylic acids is 1. The molecule has 4 nitrogen and oxygen atoms in total. The van der Waals surface area contributed by atoms with E-state index in [0.717, 1.165) is 0 Å². The highest BCUT2D eigenvalue weighted by molar-refractivity contribution is 5.93. The number of para-hydroxylation sites is 2. The van der Waals surface area contributed by atoms with E-state index in [0.29, 0.717) is 5.69 Å². The Morgan fingerprint density at radius 2 is 2.07 bits per heavy atom. The monoisotopic (exact) mass is 209 g/mol. The average Bonchev–Trinajstić information content (AvgIpc) is 2.15. The van der Waals surface area contributed by atoms with E-state index in [9.17, 15) is 15.0 Å². The van der Waals surface area contributed by atoms with Crippen molar-refractivity contribution in [3.05, 3.63) is 24.3 Å². The van der Waals surface area contributed by atoms with Gasteiger partial charge in [0.05, 0.1) is 18.3 Å². The highest BCUT2D eigenvalue weighted by atomic mass is 16.3. The van der Waals surface area contributed by atoms with Gasteiger partial charge in [0, 0.05) is 6.92 Å². The molecule has 0 radical (unpaired) electrons. The summed E-state index contributed by atoms with van der Waals surface area (Å²) in [4.78, 5) is 12.7. The minimum absolute atomic E-state index is 0.0355. The minimum Gasteiger partial charge on any atom is -0.506 e. The Hall–Kier alpha value is -1.55. The lowest BCUT2D eigenvalue weighted by Crippen LogP contribution is -2.34. The summed E-state index contributed by atoms with van der Waals surface area (Å²) < 4.78 is 0. The molecule has 0 aromatic heterocycles. The predicted octanol–water partition coefficient (Wildman–Crippen LogP) is 1.13. The van der Waals surface area contributed by atoms with Crippen LogP contribution in [0, 0.1) is 0 Å². The Balaban J connectivity index is 2.99. The standard InChI is InChI=1S/C11H15NO3/c1-8(13)7-12(9(2)14)10-5-3-4-6-11(10)15/h3-6,8,13,15H,7H2,1-2H3. The molecule has 0 bridgehead atoms. The fourth-order valence-corrected chi connectivity index (χ4v) is 1.35. The predicted molar refractivity (Wildman–Crippen MR) is 57.8 cm³/mol. The van der Waals surface area contributed by atoms with Gasteiger partial charge in [-0.15, -0.1) is 0 Å². The van der Waals surface area contributed by atoms with Crippen molar-refractivity contribution in [3.63, 3.8) is 0 Å². The van der Waals surface area contributed by atoms with Gasteiger partial charge in [0.15, 0.2) is 0 Å². The summed E-state index contributed by atoms with van der Waals surface area (Å²) in [6.07, 6.45) is -0.631. The zero-order chi connectivity index (χ0) is 11.4. The Labute approximate surface area is 88.8 Å². The molecule has 1 atom stereocenters. The first-order chi connectivity index (χ1) is 7.02. The summed E-state index contributed by atoms with van der Waals surface area (Å²) in [5.74, 6) is -0.175. The number of amides is 1. The maximum absolute atomic E-state index is 11.3. The van der Waals surface area contributed by atoms with Crippen molar-refractivity contribution in [1.82, 2.24) is 0 Å². The molecule has 1 unspecified atom stereocenters. The topological polar surface area (TPSA) is 60.8 Å². The SMILES string of the molecule is CC(=O)N(CC(C)O)c1ccccc1O. The molecule has 1 aromatic carbocycles. The number of aromatic hydroxyl groups is 1. The van der Waals surface area contributed by atoms with Crippen molar-refractivity contribution in [3.8, 4) is 5.75 Å². The first-order valence-corrected chi connectivity index (χ1v) is 4.76. The van der Waals surface area contributed by atoms with Gasteiger partial charge in [0.2, 0.25) is 5.91 Å². The summed E-state index contributed by atoms with van der Waals surface area (Å²) in [6, 6.07) is 6.55. The van der Waals surface area contributed by atoms with Crippen LogP contribution >= 0.6 is 0 Å². The summed E-state index contributed by atoms with van der Waals surface area (Å²) >= 11 is 0. The van der Waals surface area contributed by atoms with Crippen LogP contribution in [0.1, 0.15) is 13.8 Å². The van der Waals surface area contributed by atoms with E-state index in [1.807, 2.05) is 0 Å². The second kappa shape index (κ2) is 4.79. The van der Waals surface area contributed by atoms with Crippen LogP contribution in [0.25, 0.3) is 0 Å². The number of hydrogen-bond acceptors (Lipinski definition) is 3. The second-order valence-corrected chi connectivity index (χ2v) is 3.47. The van der Waals surface area contributed by atoms with Gasteiger partial charge in [-0.1, -0.05) is 12.1 Å². The molecule has 15 heavy (non-hydrogen) atoms. The maximum atomic E-state index is 11.3. The normalized spacial score (nSPS) is 12.2. The number of anilines is 1. The third kappa shape index (κ3) is 2.95. The fourth-order valence-electron chi connectivity index (χ4n) is 1.35. The van der Waals surface area contributed by atoms with E-state index in [1.165, 1.54) is 17.9 Å². The van der Waals surface area contributed by atoms with Gasteiger partial charge in [0.25, 0.3) is 0 Å². The van der Waals surface area contributed by atoms with E-state index in [4.69, 9.17) is 0 Å². The van der Waals surface area contributed by atoms with Crippen LogP contribution in [-0.4, -0.2) is 28.8 Å². The summed E-state index contributed by atoms with van der Waals surface area (Å²) in [5, 5.41) is 18.8. The second-order valence-electron chi connectivity index (χ2n) is 3.47. The van der Waals surface area contributed by atoms with Gasteiger partial charge in [-0.25, -0.2) is 0 Å². The molecular weight excluding hydrogens is 194 g/mol. The molecular formula is C11H15NO3. The van der Waals surface area contributed by atoms with E-state index < -0.39 is 6.10 Å². The molecule has 0 spiro atoms. The molecule has 0 saturated heterocycles. The number of phenolic OH excluding ortho intramolecular Hbond substituents is 1. The molecule has 0 aliphatic rings. The van der Waals surface area contributed by atoms with Crippen molar-refractivity contribution in [2.45, 2.75) is 20.0 Å². The number of carbonyl (C=O) groups is 1. The quantitative estimate of drug-likeness (QED) is 0.784. The molecule has 0 heterocycles. The first-order valence-electron chi connectivity index (χ1n) is 4.76. The van der Waals surface area contributed by atoms with E-state index in [2.05, 4.69) is 0 Å². The molecule has 1 rings (SSSR count). The molecule has 0 aliphatic heterocycles. The van der Waals surface area contributed by atoms with Gasteiger partial charge < -0.3 is 15.1 Å². The molecule has 0 saturated carbocycles. The van der Waals surface area contributed by atoms with Crippen LogP contribution in [-0.2, 0) is 4.79 Å². The molecule has 82 valence electrons. The maximum Gasteiger partial charge on any atom is 0.224 e. The number of benzene rings is 1. The van der Waals surface area contributed by atoms with Crippen molar-refractivity contribution < 1.29 is 15.0 Å². The van der Waals surface area contributed by atoms with Crippen LogP contribution in [0.2, 0.25) is 0 Å². The largest absolute Gasteiger partial charge is 0.506 e. The zero-order valence-electron chi connectivity index (χ0n) is 8.84. The molecule has 2 N–H and O–H groups in total. The third-order valence-corrected chi connectivity index (χ3v) is 2.00. The zero-order valence-corrected chi connectivity index (χ0v) is 8.84. The van der Waals surface area contributed by atoms with E-state index in [1.54, 1.807) is 25.1 Å². The average molecular weight is 209 g/mol. The smallest absolute Gasteiger partial charge is 0.224 e. The molecule has 4 heteroatoms. The molecule has 1 aromatic rings. The van der Waals surface area contributed by atoms with Gasteiger partial charge in [-0.2, -0.15) is 0 Å². The lowest BCUT2D eigenvalue weighted by molar-refractivity contribution is -0.116. The van der Waals surface area contributed by atoms with Crippen LogP contribution in [0.5, 0.6) is 5.75 Å². The van der Waals surface area contributed by atoms with Gasteiger partial charge in [-0.05, 0) is 19.1 Å². The molecule has 1 amide bonds. The van der Waals surface area contributed by atoms with Crippen molar-refractivity contribution in [2.24, 2.45) is 0 Å². The number of aliphatic hydroxyl groups is 1. The van der Waals surface area contributed by atoms with Crippen molar-refractivity contribution >= 4 is 11.6 Å². The Bertz CT molecular complexity index is 349. The lowest BCUT2D eigenvalue weighted by atomic mass is 10.2. The lowest BCUT2D eigenvalue weighted by Gasteiger charge is -2.23. The summed E-state index contributed by atoms with van der Waals surface area (Å²) in [7, 11) is 0. The summed E-state index contributed by atoms with van der Waals surface area (Å²) in [5.41, 5.74) is 0.422. The number of nitrogens with zero attached hydrogens (tertiary/aromatic N) is 1. The number of rotatable bonds is 3. The van der Waals surface area contributed by atoms with Crippen LogP contribution in [0.3, 0.4) is 0 Å². The highest BCUT2D eigenvalue weighted by Crippen LogP contribution is 2.26. The van der Waals surface area contributed by atoms with E-state index in [-0.39, 0.29) is 18.2 Å². The Morgan fingerprint density at radius 3 is 2.53 bits per heavy atom.